The second kappa shape index (κ2) is 6.24. The summed E-state index contributed by atoms with van der Waals surface area (Å²) in [5.74, 6) is 0.658. The third kappa shape index (κ3) is 3.49. The first kappa shape index (κ1) is 13.4. The second-order valence-corrected chi connectivity index (χ2v) is 5.42. The molecule has 2 nitrogen and oxygen atoms in total. The minimum Gasteiger partial charge on any atom is -0.349 e. The fraction of sp³-hybridized carbons (Fsp3) is 0.533. The molecule has 1 aromatic rings. The van der Waals surface area contributed by atoms with Crippen molar-refractivity contribution in [3.8, 4) is 0 Å². The highest BCUT2D eigenvalue weighted by Crippen LogP contribution is 2.30. The van der Waals surface area contributed by atoms with E-state index in [9.17, 15) is 4.79 Å². The van der Waals surface area contributed by atoms with Gasteiger partial charge in [-0.25, -0.2) is 0 Å². The lowest BCUT2D eigenvalue weighted by Crippen LogP contribution is -2.47. The number of alkyl halides is 1. The van der Waals surface area contributed by atoms with Crippen molar-refractivity contribution >= 4 is 17.5 Å². The molecule has 3 heteroatoms. The maximum atomic E-state index is 12.0. The van der Waals surface area contributed by atoms with Crippen molar-refractivity contribution in [1.29, 1.82) is 0 Å². The van der Waals surface area contributed by atoms with Crippen molar-refractivity contribution < 1.29 is 4.79 Å². The van der Waals surface area contributed by atoms with Crippen molar-refractivity contribution in [1.82, 2.24) is 5.32 Å². The number of carbonyl (C=O) groups is 1. The first-order valence-corrected chi connectivity index (χ1v) is 7.18. The molecule has 0 heterocycles. The molecule has 1 saturated carbocycles. The van der Waals surface area contributed by atoms with Gasteiger partial charge in [0.2, 0.25) is 5.91 Å². The number of halogens is 1. The van der Waals surface area contributed by atoms with Crippen LogP contribution in [0, 0.1) is 0 Å². The lowest BCUT2D eigenvalue weighted by molar-refractivity contribution is -0.122. The molecule has 1 N–H and O–H groups in total. The molecule has 1 aliphatic carbocycles. The molecule has 18 heavy (non-hydrogen) atoms. The van der Waals surface area contributed by atoms with Gasteiger partial charge in [0.25, 0.3) is 0 Å². The predicted molar refractivity (Wildman–Crippen MR) is 74.8 cm³/mol. The first-order chi connectivity index (χ1) is 8.74. The summed E-state index contributed by atoms with van der Waals surface area (Å²) in [6.45, 7) is 0. The number of rotatable bonds is 5. The lowest BCUT2D eigenvalue weighted by atomic mass is 9.99. The van der Waals surface area contributed by atoms with E-state index in [0.29, 0.717) is 12.3 Å². The summed E-state index contributed by atoms with van der Waals surface area (Å²) in [5, 5.41) is 3.14. The Bertz CT molecular complexity index is 385. The van der Waals surface area contributed by atoms with Gasteiger partial charge in [-0.15, -0.1) is 11.6 Å². The van der Waals surface area contributed by atoms with E-state index in [-0.39, 0.29) is 11.4 Å². The summed E-state index contributed by atoms with van der Waals surface area (Å²) >= 11 is 6.01. The quantitative estimate of drug-likeness (QED) is 0.814. The van der Waals surface area contributed by atoms with Crippen LogP contribution in [0.2, 0.25) is 0 Å². The maximum Gasteiger partial charge on any atom is 0.220 e. The molecule has 0 aliphatic heterocycles. The molecule has 0 bridgehead atoms. The number of nitrogens with one attached hydrogen (secondary N) is 1. The number of benzene rings is 1. The van der Waals surface area contributed by atoms with Gasteiger partial charge in [0.1, 0.15) is 0 Å². The largest absolute Gasteiger partial charge is 0.349 e. The third-order valence-electron chi connectivity index (χ3n) is 3.70. The van der Waals surface area contributed by atoms with Crippen LogP contribution in [0.4, 0.5) is 0 Å². The molecular formula is C15H20ClNO. The Balaban J connectivity index is 1.82. The molecular weight excluding hydrogens is 246 g/mol. The van der Waals surface area contributed by atoms with Gasteiger partial charge in [0.05, 0.1) is 5.54 Å². The molecule has 1 aliphatic rings. The fourth-order valence-corrected chi connectivity index (χ4v) is 2.94. The average Bonchev–Trinajstić information content (AvgIpc) is 2.87. The monoisotopic (exact) mass is 265 g/mol. The molecule has 0 spiro atoms. The molecule has 2 rings (SSSR count). The normalized spacial score (nSPS) is 17.6. The van der Waals surface area contributed by atoms with E-state index in [1.165, 1.54) is 18.4 Å². The molecule has 1 aromatic carbocycles. The van der Waals surface area contributed by atoms with Crippen LogP contribution in [0.3, 0.4) is 0 Å². The minimum atomic E-state index is -0.130. The number of aryl methyl sites for hydroxylation is 1. The highest BCUT2D eigenvalue weighted by atomic mass is 35.5. The molecule has 1 amide bonds. The summed E-state index contributed by atoms with van der Waals surface area (Å²) in [6.07, 6.45) is 5.73. The van der Waals surface area contributed by atoms with Crippen LogP contribution < -0.4 is 5.32 Å². The summed E-state index contributed by atoms with van der Waals surface area (Å²) < 4.78 is 0. The summed E-state index contributed by atoms with van der Waals surface area (Å²) in [7, 11) is 0. The van der Waals surface area contributed by atoms with Gasteiger partial charge in [-0.1, -0.05) is 43.2 Å². The van der Waals surface area contributed by atoms with E-state index in [1.54, 1.807) is 0 Å². The highest BCUT2D eigenvalue weighted by Gasteiger charge is 2.34. The van der Waals surface area contributed by atoms with E-state index in [2.05, 4.69) is 17.4 Å². The predicted octanol–water partition coefficient (Wildman–Crippen LogP) is 3.29. The van der Waals surface area contributed by atoms with Crippen molar-refractivity contribution in [3.63, 3.8) is 0 Å². The fourth-order valence-electron chi connectivity index (χ4n) is 2.60. The molecule has 98 valence electrons. The maximum absolute atomic E-state index is 12.0. The van der Waals surface area contributed by atoms with E-state index in [1.807, 2.05) is 18.2 Å². The molecule has 0 radical (unpaired) electrons. The van der Waals surface area contributed by atoms with E-state index in [0.717, 1.165) is 19.3 Å². The SMILES string of the molecule is O=C(CCc1ccccc1)NC1(CCl)CCCC1. The third-order valence-corrected chi connectivity index (χ3v) is 4.22. The van der Waals surface area contributed by atoms with Gasteiger partial charge in [0.15, 0.2) is 0 Å². The Hall–Kier alpha value is -1.02. The zero-order chi connectivity index (χ0) is 12.8. The van der Waals surface area contributed by atoms with E-state index >= 15 is 0 Å². The van der Waals surface area contributed by atoms with Gasteiger partial charge < -0.3 is 5.32 Å². The van der Waals surface area contributed by atoms with Gasteiger partial charge >= 0.3 is 0 Å². The first-order valence-electron chi connectivity index (χ1n) is 6.65. The topological polar surface area (TPSA) is 29.1 Å². The smallest absolute Gasteiger partial charge is 0.220 e. The van der Waals surface area contributed by atoms with Crippen LogP contribution in [0.25, 0.3) is 0 Å². The number of hydrogen-bond acceptors (Lipinski definition) is 1. The number of carbonyl (C=O) groups excluding carboxylic acids is 1. The summed E-state index contributed by atoms with van der Waals surface area (Å²) in [6, 6.07) is 10.1. The van der Waals surface area contributed by atoms with Crippen molar-refractivity contribution in [3.05, 3.63) is 35.9 Å². The highest BCUT2D eigenvalue weighted by molar-refractivity contribution is 6.18. The van der Waals surface area contributed by atoms with E-state index < -0.39 is 0 Å². The lowest BCUT2D eigenvalue weighted by Gasteiger charge is -2.27. The van der Waals surface area contributed by atoms with Gasteiger partial charge in [-0.3, -0.25) is 4.79 Å². The minimum absolute atomic E-state index is 0.126. The summed E-state index contributed by atoms with van der Waals surface area (Å²) in [4.78, 5) is 12.0. The number of amides is 1. The van der Waals surface area contributed by atoms with Crippen LogP contribution >= 0.6 is 11.6 Å². The van der Waals surface area contributed by atoms with Gasteiger partial charge in [-0.2, -0.15) is 0 Å². The van der Waals surface area contributed by atoms with Crippen molar-refractivity contribution in [2.45, 2.75) is 44.1 Å². The zero-order valence-electron chi connectivity index (χ0n) is 10.6. The second-order valence-electron chi connectivity index (χ2n) is 5.15. The standard InChI is InChI=1S/C15H20ClNO/c16-12-15(10-4-5-11-15)17-14(18)9-8-13-6-2-1-3-7-13/h1-3,6-7H,4-5,8-12H2,(H,17,18). The molecule has 0 aromatic heterocycles. The van der Waals surface area contributed by atoms with Crippen molar-refractivity contribution in [2.75, 3.05) is 5.88 Å². The Morgan fingerprint density at radius 1 is 1.22 bits per heavy atom. The van der Waals surface area contributed by atoms with Gasteiger partial charge in [0, 0.05) is 12.3 Å². The number of hydrogen-bond donors (Lipinski definition) is 1. The molecule has 0 unspecified atom stereocenters. The van der Waals surface area contributed by atoms with Crippen LogP contribution in [0.1, 0.15) is 37.7 Å². The van der Waals surface area contributed by atoms with Crippen LogP contribution in [-0.4, -0.2) is 17.3 Å². The molecule has 1 fully saturated rings. The van der Waals surface area contributed by atoms with Crippen LogP contribution in [-0.2, 0) is 11.2 Å². The summed E-state index contributed by atoms with van der Waals surface area (Å²) in [5.41, 5.74) is 1.08. The Morgan fingerprint density at radius 2 is 1.89 bits per heavy atom. The Morgan fingerprint density at radius 3 is 2.50 bits per heavy atom. The average molecular weight is 266 g/mol. The van der Waals surface area contributed by atoms with Crippen molar-refractivity contribution in [2.24, 2.45) is 0 Å². The molecule has 0 atom stereocenters. The van der Waals surface area contributed by atoms with E-state index in [4.69, 9.17) is 11.6 Å². The Kier molecular flexibility index (Phi) is 4.65. The Labute approximate surface area is 114 Å². The van der Waals surface area contributed by atoms with Gasteiger partial charge in [-0.05, 0) is 24.8 Å². The van der Waals surface area contributed by atoms with Crippen LogP contribution in [0.5, 0.6) is 0 Å². The molecule has 0 saturated heterocycles. The van der Waals surface area contributed by atoms with Crippen LogP contribution in [0.15, 0.2) is 30.3 Å². The zero-order valence-corrected chi connectivity index (χ0v) is 11.4.